The molecule has 0 radical (unpaired) electrons. The van der Waals surface area contributed by atoms with Crippen molar-refractivity contribution in [3.63, 3.8) is 0 Å². The fourth-order valence-corrected chi connectivity index (χ4v) is 12.6. The molecule has 12 rings (SSSR count). The molecule has 0 bridgehead atoms. The van der Waals surface area contributed by atoms with Gasteiger partial charge >= 0.3 is 0 Å². The zero-order valence-electron chi connectivity index (χ0n) is 34.7. The smallest absolute Gasteiger partial charge is 0.0541 e. The van der Waals surface area contributed by atoms with Crippen molar-refractivity contribution < 1.29 is 0 Å². The van der Waals surface area contributed by atoms with Gasteiger partial charge in [-0.2, -0.15) is 0 Å². The van der Waals surface area contributed by atoms with Crippen molar-refractivity contribution in [2.45, 2.75) is 32.6 Å². The summed E-state index contributed by atoms with van der Waals surface area (Å²) in [6.45, 7) is 4.58. The summed E-state index contributed by atoms with van der Waals surface area (Å²) in [6.07, 6.45) is 2.06. The third-order valence-electron chi connectivity index (χ3n) is 13.2. The van der Waals surface area contributed by atoms with E-state index in [4.69, 9.17) is 0 Å². The number of aryl methyl sites for hydroxylation is 1. The Balaban J connectivity index is 1.08. The summed E-state index contributed by atoms with van der Waals surface area (Å²) < 4.78 is 7.84. The van der Waals surface area contributed by atoms with E-state index < -0.39 is 0 Å². The molecule has 0 spiro atoms. The number of benzene rings is 9. The lowest BCUT2D eigenvalue weighted by atomic mass is 9.85. The third kappa shape index (κ3) is 6.02. The zero-order chi connectivity index (χ0) is 41.3. The molecule has 3 heterocycles. The molecule has 0 aliphatic heterocycles. The van der Waals surface area contributed by atoms with Gasteiger partial charge in [0.1, 0.15) is 0 Å². The summed E-state index contributed by atoms with van der Waals surface area (Å²) in [5.74, 6) is 0.386. The predicted molar refractivity (Wildman–Crippen MR) is 271 cm³/mol. The molecule has 12 aromatic rings. The van der Waals surface area contributed by atoms with Crippen LogP contribution in [0.3, 0.4) is 0 Å². The van der Waals surface area contributed by atoms with Crippen molar-refractivity contribution in [2.24, 2.45) is 0 Å². The highest BCUT2D eigenvalue weighted by Gasteiger charge is 2.22. The largest absolute Gasteiger partial charge is 0.309 e. The first kappa shape index (κ1) is 37.0. The molecular weight excluding hydrogens is 787 g/mol. The molecule has 1 atom stereocenters. The molecule has 1 nitrogen and oxygen atoms in total. The Bertz CT molecular complexity index is 3620. The van der Waals surface area contributed by atoms with Gasteiger partial charge < -0.3 is 4.57 Å². The van der Waals surface area contributed by atoms with Crippen LogP contribution in [-0.4, -0.2) is 4.57 Å². The summed E-state index contributed by atoms with van der Waals surface area (Å²) in [5.41, 5.74) is 15.5. The van der Waals surface area contributed by atoms with Crippen LogP contribution in [-0.2, 0) is 6.42 Å². The van der Waals surface area contributed by atoms with Crippen LogP contribution in [0.1, 0.15) is 36.0 Å². The summed E-state index contributed by atoms with van der Waals surface area (Å²) in [4.78, 5) is 0. The maximum Gasteiger partial charge on any atom is 0.0541 e. The second-order valence-electron chi connectivity index (χ2n) is 16.7. The van der Waals surface area contributed by atoms with Crippen molar-refractivity contribution in [1.29, 1.82) is 0 Å². The SMILES string of the molecule is CCC(Cc1ccccc1-c1ccccc1C)c1ccc2sc3c(-c4cccc(-c5ccccc5)c4)cc4c5cc(-n6c7ccccc7c7ccccc76)ccc5sc4c3c2c1. The highest BCUT2D eigenvalue weighted by Crippen LogP contribution is 2.50. The Kier molecular flexibility index (Phi) is 8.95. The minimum atomic E-state index is 0.386. The Morgan fingerprint density at radius 1 is 0.452 bits per heavy atom. The van der Waals surface area contributed by atoms with Gasteiger partial charge in [0, 0.05) is 62.4 Å². The van der Waals surface area contributed by atoms with E-state index >= 15 is 0 Å². The van der Waals surface area contributed by atoms with Gasteiger partial charge in [-0.1, -0.05) is 146 Å². The van der Waals surface area contributed by atoms with Crippen molar-refractivity contribution in [2.75, 3.05) is 0 Å². The standard InChI is InChI=1S/C59H43NS2/c1-3-38(32-42-19-8-10-23-46(42)45-22-9-7-16-37(45)2)41-28-30-56-52(34-41)57-58(62-56)49(43-21-15-20-40(33-43)39-17-5-4-6-18-39)36-51-50-35-44(29-31-55(50)61-59(51)57)60-53-26-13-11-24-47(53)48-25-12-14-27-54(48)60/h4-31,33-36,38H,3,32H2,1-2H3. The van der Waals surface area contributed by atoms with Gasteiger partial charge in [-0.15, -0.1) is 22.7 Å². The Labute approximate surface area is 369 Å². The van der Waals surface area contributed by atoms with Gasteiger partial charge in [-0.25, -0.2) is 0 Å². The third-order valence-corrected chi connectivity index (χ3v) is 15.6. The van der Waals surface area contributed by atoms with E-state index in [1.54, 1.807) is 0 Å². The van der Waals surface area contributed by atoms with E-state index in [2.05, 4.69) is 213 Å². The normalized spacial score (nSPS) is 12.4. The Hall–Kier alpha value is -6.78. The molecule has 3 heteroatoms. The number of thiophene rings is 2. The quantitative estimate of drug-likeness (QED) is 0.144. The van der Waals surface area contributed by atoms with Gasteiger partial charge in [0.2, 0.25) is 0 Å². The first-order valence-electron chi connectivity index (χ1n) is 21.7. The second kappa shape index (κ2) is 15.0. The number of aromatic nitrogens is 1. The molecule has 0 aliphatic carbocycles. The van der Waals surface area contributed by atoms with E-state index in [1.807, 2.05) is 22.7 Å². The molecule has 9 aromatic carbocycles. The molecule has 0 N–H and O–H groups in total. The minimum absolute atomic E-state index is 0.386. The lowest BCUT2D eigenvalue weighted by molar-refractivity contribution is 0.662. The van der Waals surface area contributed by atoms with Crippen LogP contribution < -0.4 is 0 Å². The van der Waals surface area contributed by atoms with Crippen LogP contribution in [0.4, 0.5) is 0 Å². The van der Waals surface area contributed by atoms with Gasteiger partial charge in [0.05, 0.1) is 11.0 Å². The molecule has 0 saturated heterocycles. The molecule has 1 unspecified atom stereocenters. The fourth-order valence-electron chi connectivity index (χ4n) is 10.1. The second-order valence-corrected chi connectivity index (χ2v) is 18.8. The lowest BCUT2D eigenvalue weighted by Gasteiger charge is -2.19. The topological polar surface area (TPSA) is 4.93 Å². The fraction of sp³-hybridized carbons (Fsp3) is 0.0847. The van der Waals surface area contributed by atoms with Crippen molar-refractivity contribution in [1.82, 2.24) is 4.57 Å². The van der Waals surface area contributed by atoms with Crippen molar-refractivity contribution in [3.05, 3.63) is 211 Å². The molecule has 0 amide bonds. The molecule has 62 heavy (non-hydrogen) atoms. The Morgan fingerprint density at radius 3 is 1.89 bits per heavy atom. The van der Waals surface area contributed by atoms with Crippen LogP contribution in [0.15, 0.2) is 194 Å². The zero-order valence-corrected chi connectivity index (χ0v) is 36.4. The summed E-state index contributed by atoms with van der Waals surface area (Å²) >= 11 is 3.90. The van der Waals surface area contributed by atoms with E-state index in [9.17, 15) is 0 Å². The van der Waals surface area contributed by atoms with Gasteiger partial charge in [0.15, 0.2) is 0 Å². The minimum Gasteiger partial charge on any atom is -0.309 e. The molecule has 0 aliphatic rings. The molecule has 0 saturated carbocycles. The van der Waals surface area contributed by atoms with E-state index in [0.717, 1.165) is 12.8 Å². The predicted octanol–water partition coefficient (Wildman–Crippen LogP) is 17.6. The van der Waals surface area contributed by atoms with Gasteiger partial charge in [-0.05, 0) is 125 Å². The summed E-state index contributed by atoms with van der Waals surface area (Å²) in [5, 5.41) is 7.95. The molecule has 296 valence electrons. The first-order valence-corrected chi connectivity index (χ1v) is 23.4. The average molecular weight is 830 g/mol. The van der Waals surface area contributed by atoms with Crippen molar-refractivity contribution >= 4 is 84.8 Å². The maximum absolute atomic E-state index is 2.55. The van der Waals surface area contributed by atoms with E-state index in [1.165, 1.54) is 118 Å². The highest BCUT2D eigenvalue weighted by molar-refractivity contribution is 7.30. The van der Waals surface area contributed by atoms with Gasteiger partial charge in [-0.3, -0.25) is 0 Å². The number of para-hydroxylation sites is 2. The summed E-state index contributed by atoms with van der Waals surface area (Å²) in [7, 11) is 0. The van der Waals surface area contributed by atoms with Crippen LogP contribution in [0.5, 0.6) is 0 Å². The monoisotopic (exact) mass is 829 g/mol. The average Bonchev–Trinajstić information content (AvgIpc) is 4.00. The molecule has 0 fully saturated rings. The number of fused-ring (bicyclic) bond motifs is 10. The van der Waals surface area contributed by atoms with E-state index in [0.29, 0.717) is 5.92 Å². The first-order chi connectivity index (χ1) is 30.6. The Morgan fingerprint density at radius 2 is 1.10 bits per heavy atom. The van der Waals surface area contributed by atoms with Crippen LogP contribution in [0.25, 0.3) is 101 Å². The maximum atomic E-state index is 2.55. The van der Waals surface area contributed by atoms with Crippen molar-refractivity contribution in [3.8, 4) is 39.1 Å². The number of rotatable bonds is 8. The number of hydrogen-bond acceptors (Lipinski definition) is 2. The number of nitrogens with zero attached hydrogens (tertiary/aromatic N) is 1. The lowest BCUT2D eigenvalue weighted by Crippen LogP contribution is -2.03. The molecule has 3 aromatic heterocycles. The van der Waals surface area contributed by atoms with Crippen LogP contribution >= 0.6 is 22.7 Å². The van der Waals surface area contributed by atoms with E-state index in [-0.39, 0.29) is 0 Å². The molecular formula is C59H43NS2. The van der Waals surface area contributed by atoms with Gasteiger partial charge in [0.25, 0.3) is 0 Å². The summed E-state index contributed by atoms with van der Waals surface area (Å²) in [6, 6.07) is 72.4. The van der Waals surface area contributed by atoms with Crippen LogP contribution in [0.2, 0.25) is 0 Å². The highest BCUT2D eigenvalue weighted by atomic mass is 32.1. The number of hydrogen-bond donors (Lipinski definition) is 0. The van der Waals surface area contributed by atoms with Crippen LogP contribution in [0, 0.1) is 6.92 Å².